The second-order valence-corrected chi connectivity index (χ2v) is 8.74. The van der Waals surface area contributed by atoms with Gasteiger partial charge < -0.3 is 14.7 Å². The van der Waals surface area contributed by atoms with E-state index in [9.17, 15) is 22.8 Å². The molecule has 1 aromatic carbocycles. The van der Waals surface area contributed by atoms with Crippen molar-refractivity contribution < 1.29 is 32.6 Å². The lowest BCUT2D eigenvalue weighted by molar-refractivity contribution is -0.200. The lowest BCUT2D eigenvalue weighted by Gasteiger charge is -2.34. The van der Waals surface area contributed by atoms with Crippen LogP contribution in [-0.4, -0.2) is 65.4 Å². The van der Waals surface area contributed by atoms with Crippen molar-refractivity contribution in [2.24, 2.45) is 5.41 Å². The molecule has 1 heterocycles. The number of carboxylic acids is 1. The zero-order chi connectivity index (χ0) is 25.8. The van der Waals surface area contributed by atoms with Crippen molar-refractivity contribution in [2.45, 2.75) is 78.6 Å². The molecule has 34 heavy (non-hydrogen) atoms. The second-order valence-electron chi connectivity index (χ2n) is 8.74. The SMILES string of the molecule is CC.CC(OC(=O)N1CCN(Cc2ccccc2)CC1)C(F)(F)F.CC1(C(=O)O)CCCCC1. The lowest BCUT2D eigenvalue weighted by atomic mass is 9.76. The fraction of sp³-hybridized carbons (Fsp3) is 0.680. The zero-order valence-corrected chi connectivity index (χ0v) is 20.7. The molecule has 0 spiro atoms. The zero-order valence-electron chi connectivity index (χ0n) is 20.7. The molecule has 1 amide bonds. The summed E-state index contributed by atoms with van der Waals surface area (Å²) in [6, 6.07) is 9.90. The first-order chi connectivity index (χ1) is 16.0. The molecule has 9 heteroatoms. The van der Waals surface area contributed by atoms with E-state index in [-0.39, 0.29) is 0 Å². The number of hydrogen-bond acceptors (Lipinski definition) is 4. The monoisotopic (exact) mass is 488 g/mol. The average molecular weight is 489 g/mol. The van der Waals surface area contributed by atoms with Gasteiger partial charge in [0.05, 0.1) is 5.41 Å². The Bertz CT molecular complexity index is 729. The van der Waals surface area contributed by atoms with Crippen LogP contribution in [0.2, 0.25) is 0 Å². The van der Waals surface area contributed by atoms with E-state index in [1.54, 1.807) is 0 Å². The van der Waals surface area contributed by atoms with E-state index in [2.05, 4.69) is 9.64 Å². The van der Waals surface area contributed by atoms with E-state index >= 15 is 0 Å². The summed E-state index contributed by atoms with van der Waals surface area (Å²) in [5.41, 5.74) is 0.766. The third-order valence-electron chi connectivity index (χ3n) is 6.09. The fourth-order valence-electron chi connectivity index (χ4n) is 3.77. The minimum absolute atomic E-state index is 0.371. The van der Waals surface area contributed by atoms with Gasteiger partial charge in [-0.1, -0.05) is 63.4 Å². The van der Waals surface area contributed by atoms with Gasteiger partial charge in [-0.25, -0.2) is 4.79 Å². The van der Waals surface area contributed by atoms with Crippen molar-refractivity contribution in [1.29, 1.82) is 0 Å². The molecule has 1 atom stereocenters. The van der Waals surface area contributed by atoms with Crippen LogP contribution in [0.3, 0.4) is 0 Å². The van der Waals surface area contributed by atoms with Crippen LogP contribution in [0.15, 0.2) is 30.3 Å². The third-order valence-corrected chi connectivity index (χ3v) is 6.09. The Morgan fingerprint density at radius 2 is 1.56 bits per heavy atom. The third kappa shape index (κ3) is 9.91. The minimum atomic E-state index is -4.52. The number of piperazine rings is 1. The number of rotatable bonds is 4. The molecule has 3 rings (SSSR count). The number of benzene rings is 1. The molecule has 194 valence electrons. The summed E-state index contributed by atoms with van der Waals surface area (Å²) < 4.78 is 41.6. The average Bonchev–Trinajstić information content (AvgIpc) is 2.82. The summed E-state index contributed by atoms with van der Waals surface area (Å²) in [4.78, 5) is 25.9. The van der Waals surface area contributed by atoms with Gasteiger partial charge in [-0.2, -0.15) is 13.2 Å². The van der Waals surface area contributed by atoms with E-state index in [1.807, 2.05) is 51.1 Å². The van der Waals surface area contributed by atoms with E-state index in [0.29, 0.717) is 26.2 Å². The largest absolute Gasteiger partial charge is 0.481 e. The van der Waals surface area contributed by atoms with Crippen LogP contribution in [-0.2, 0) is 16.1 Å². The number of ether oxygens (including phenoxy) is 1. The maximum absolute atomic E-state index is 12.4. The molecular weight excluding hydrogens is 449 g/mol. The van der Waals surface area contributed by atoms with Crippen LogP contribution in [0.1, 0.15) is 65.4 Å². The summed E-state index contributed by atoms with van der Waals surface area (Å²) in [5, 5.41) is 8.80. The number of aliphatic carboxylic acids is 1. The van der Waals surface area contributed by atoms with E-state index in [0.717, 1.165) is 39.2 Å². The van der Waals surface area contributed by atoms with Gasteiger partial charge in [0, 0.05) is 32.7 Å². The summed E-state index contributed by atoms with van der Waals surface area (Å²) in [7, 11) is 0. The van der Waals surface area contributed by atoms with Gasteiger partial charge in [0.15, 0.2) is 6.10 Å². The van der Waals surface area contributed by atoms with Gasteiger partial charge in [0.25, 0.3) is 0 Å². The van der Waals surface area contributed by atoms with Gasteiger partial charge in [-0.15, -0.1) is 0 Å². The lowest BCUT2D eigenvalue weighted by Crippen LogP contribution is -2.49. The maximum atomic E-state index is 12.4. The smallest absolute Gasteiger partial charge is 0.425 e. The number of carboxylic acid groups (broad SMARTS) is 1. The normalized spacial score (nSPS) is 19.0. The molecule has 6 nitrogen and oxygen atoms in total. The van der Waals surface area contributed by atoms with Crippen molar-refractivity contribution in [3.63, 3.8) is 0 Å². The molecular formula is C25H39F3N2O4. The molecule has 1 aliphatic heterocycles. The van der Waals surface area contributed by atoms with Crippen LogP contribution >= 0.6 is 0 Å². The van der Waals surface area contributed by atoms with Crippen LogP contribution in [0.4, 0.5) is 18.0 Å². The van der Waals surface area contributed by atoms with Gasteiger partial charge in [0.2, 0.25) is 0 Å². The first-order valence-electron chi connectivity index (χ1n) is 12.0. The first-order valence-corrected chi connectivity index (χ1v) is 12.0. The van der Waals surface area contributed by atoms with Crippen molar-refractivity contribution in [2.75, 3.05) is 26.2 Å². The summed E-state index contributed by atoms with van der Waals surface area (Å²) in [6.07, 6.45) is -2.39. The Hall–Kier alpha value is -2.29. The molecule has 1 unspecified atom stereocenters. The van der Waals surface area contributed by atoms with Gasteiger partial charge in [0.1, 0.15) is 0 Å². The minimum Gasteiger partial charge on any atom is -0.481 e. The standard InChI is InChI=1S/C15H19F3N2O2.C8H14O2.C2H6/c1-12(15(16,17)18)22-14(21)20-9-7-19(8-10-20)11-13-5-3-2-4-6-13;1-8(7(9)10)5-3-2-4-6-8;1-2/h2-6,12H,7-11H2,1H3;2-6H2,1H3,(H,9,10);1-2H3. The van der Waals surface area contributed by atoms with Gasteiger partial charge in [-0.05, 0) is 32.3 Å². The maximum Gasteiger partial charge on any atom is 0.425 e. The molecule has 0 bridgehead atoms. The summed E-state index contributed by atoms with van der Waals surface area (Å²) in [5.74, 6) is -0.618. The van der Waals surface area contributed by atoms with Crippen molar-refractivity contribution in [3.8, 4) is 0 Å². The molecule has 1 saturated carbocycles. The predicted octanol–water partition coefficient (Wildman–Crippen LogP) is 5.96. The van der Waals surface area contributed by atoms with Gasteiger partial charge in [-0.3, -0.25) is 9.69 Å². The molecule has 2 aliphatic rings. The van der Waals surface area contributed by atoms with E-state index in [1.165, 1.54) is 16.9 Å². The molecule has 2 fully saturated rings. The summed E-state index contributed by atoms with van der Waals surface area (Å²) >= 11 is 0. The highest BCUT2D eigenvalue weighted by Gasteiger charge is 2.40. The Labute approximate surface area is 201 Å². The molecule has 1 aromatic rings. The number of nitrogens with zero attached hydrogens (tertiary/aromatic N) is 2. The van der Waals surface area contributed by atoms with Crippen molar-refractivity contribution in [3.05, 3.63) is 35.9 Å². The number of hydrogen-bond donors (Lipinski definition) is 1. The quantitative estimate of drug-likeness (QED) is 0.566. The topological polar surface area (TPSA) is 70.1 Å². The van der Waals surface area contributed by atoms with Crippen LogP contribution in [0.5, 0.6) is 0 Å². The Kier molecular flexibility index (Phi) is 12.4. The number of alkyl halides is 3. The predicted molar refractivity (Wildman–Crippen MR) is 125 cm³/mol. The van der Waals surface area contributed by atoms with Gasteiger partial charge >= 0.3 is 18.2 Å². The Morgan fingerprint density at radius 3 is 2.00 bits per heavy atom. The number of halogens is 3. The van der Waals surface area contributed by atoms with Crippen LogP contribution < -0.4 is 0 Å². The van der Waals surface area contributed by atoms with Crippen LogP contribution in [0, 0.1) is 5.41 Å². The molecule has 0 aromatic heterocycles. The highest BCUT2D eigenvalue weighted by Crippen LogP contribution is 2.35. The molecule has 1 N–H and O–H groups in total. The molecule has 1 aliphatic carbocycles. The Balaban J connectivity index is 0.000000402. The number of carbonyl (C=O) groups excluding carboxylic acids is 1. The van der Waals surface area contributed by atoms with Crippen molar-refractivity contribution in [1.82, 2.24) is 9.80 Å². The van der Waals surface area contributed by atoms with Crippen LogP contribution in [0.25, 0.3) is 0 Å². The molecule has 0 radical (unpaired) electrons. The summed E-state index contributed by atoms with van der Waals surface area (Å²) in [6.45, 7) is 9.43. The fourth-order valence-corrected chi connectivity index (χ4v) is 3.77. The highest BCUT2D eigenvalue weighted by atomic mass is 19.4. The first kappa shape index (κ1) is 29.7. The van der Waals surface area contributed by atoms with E-state index in [4.69, 9.17) is 5.11 Å². The number of carbonyl (C=O) groups is 2. The number of amides is 1. The van der Waals surface area contributed by atoms with E-state index < -0.39 is 29.8 Å². The van der Waals surface area contributed by atoms with Crippen molar-refractivity contribution >= 4 is 12.1 Å². The Morgan fingerprint density at radius 1 is 1.03 bits per heavy atom. The highest BCUT2D eigenvalue weighted by molar-refractivity contribution is 5.74. The second kappa shape index (κ2) is 14.2. The molecule has 1 saturated heterocycles.